The summed E-state index contributed by atoms with van der Waals surface area (Å²) in [5.74, 6) is 1.30. The fourth-order valence-corrected chi connectivity index (χ4v) is 1.67. The molecule has 0 spiro atoms. The van der Waals surface area contributed by atoms with E-state index in [1.807, 2.05) is 27.7 Å². The molecule has 0 saturated carbocycles. The molecule has 0 aliphatic rings. The van der Waals surface area contributed by atoms with Gasteiger partial charge in [0.25, 0.3) is 0 Å². The number of hydrogen-bond donors (Lipinski definition) is 4. The average molecular weight is 264 g/mol. The molecule has 18 heavy (non-hydrogen) atoms. The zero-order valence-corrected chi connectivity index (χ0v) is 12.3. The molecule has 0 saturated heterocycles. The van der Waals surface area contributed by atoms with Crippen LogP contribution < -0.4 is 0 Å². The standard InChI is InChI=1S/2C7H16O2/c2*1-6(4-8)3-7(2)5-9/h2*6-9H,3-5H2,1-2H3. The second-order valence-electron chi connectivity index (χ2n) is 5.62. The van der Waals surface area contributed by atoms with Crippen LogP contribution >= 0.6 is 0 Å². The van der Waals surface area contributed by atoms with Gasteiger partial charge in [-0.15, -0.1) is 0 Å². The Balaban J connectivity index is 0. The van der Waals surface area contributed by atoms with Gasteiger partial charge in [-0.1, -0.05) is 27.7 Å². The third-order valence-corrected chi connectivity index (χ3v) is 2.86. The highest BCUT2D eigenvalue weighted by atomic mass is 16.3. The Morgan fingerprint density at radius 1 is 0.500 bits per heavy atom. The molecule has 112 valence electrons. The summed E-state index contributed by atoms with van der Waals surface area (Å²) in [5, 5.41) is 34.4. The van der Waals surface area contributed by atoms with Crippen LogP contribution in [0.2, 0.25) is 0 Å². The minimum atomic E-state index is 0.227. The molecule has 0 fully saturated rings. The van der Waals surface area contributed by atoms with Gasteiger partial charge in [0, 0.05) is 26.4 Å². The molecule has 0 aromatic heterocycles. The van der Waals surface area contributed by atoms with Crippen molar-refractivity contribution in [1.82, 2.24) is 0 Å². The van der Waals surface area contributed by atoms with Gasteiger partial charge >= 0.3 is 0 Å². The lowest BCUT2D eigenvalue weighted by Gasteiger charge is -2.11. The Labute approximate surface area is 112 Å². The number of aliphatic hydroxyl groups is 4. The van der Waals surface area contributed by atoms with E-state index < -0.39 is 0 Å². The summed E-state index contributed by atoms with van der Waals surface area (Å²) in [6.45, 7) is 8.82. The minimum absolute atomic E-state index is 0.227. The Morgan fingerprint density at radius 3 is 0.778 bits per heavy atom. The first-order valence-electron chi connectivity index (χ1n) is 6.84. The maximum atomic E-state index is 8.60. The molecular weight excluding hydrogens is 232 g/mol. The monoisotopic (exact) mass is 264 g/mol. The van der Waals surface area contributed by atoms with Gasteiger partial charge in [0.15, 0.2) is 0 Å². The highest BCUT2D eigenvalue weighted by molar-refractivity contribution is 4.56. The second-order valence-corrected chi connectivity index (χ2v) is 5.62. The van der Waals surface area contributed by atoms with E-state index >= 15 is 0 Å². The molecule has 0 aromatic rings. The van der Waals surface area contributed by atoms with Crippen molar-refractivity contribution in [3.63, 3.8) is 0 Å². The molecule has 0 aromatic carbocycles. The van der Waals surface area contributed by atoms with Gasteiger partial charge in [-0.25, -0.2) is 0 Å². The van der Waals surface area contributed by atoms with Crippen LogP contribution in [0.25, 0.3) is 0 Å². The largest absolute Gasteiger partial charge is 0.396 e. The van der Waals surface area contributed by atoms with E-state index in [-0.39, 0.29) is 26.4 Å². The van der Waals surface area contributed by atoms with Gasteiger partial charge in [-0.2, -0.15) is 0 Å². The quantitative estimate of drug-likeness (QED) is 0.532. The van der Waals surface area contributed by atoms with E-state index in [0.29, 0.717) is 23.7 Å². The molecule has 4 N–H and O–H groups in total. The maximum Gasteiger partial charge on any atom is 0.0456 e. The molecule has 0 amide bonds. The Hall–Kier alpha value is -0.160. The van der Waals surface area contributed by atoms with Crippen LogP contribution in [0.15, 0.2) is 0 Å². The van der Waals surface area contributed by atoms with Crippen LogP contribution in [0.3, 0.4) is 0 Å². The maximum absolute atomic E-state index is 8.60. The van der Waals surface area contributed by atoms with E-state index in [1.54, 1.807) is 0 Å². The fourth-order valence-electron chi connectivity index (χ4n) is 1.67. The lowest BCUT2D eigenvalue weighted by atomic mass is 9.99. The third-order valence-electron chi connectivity index (χ3n) is 2.86. The first-order valence-corrected chi connectivity index (χ1v) is 6.84. The van der Waals surface area contributed by atoms with Crippen molar-refractivity contribution in [2.24, 2.45) is 23.7 Å². The van der Waals surface area contributed by atoms with Gasteiger partial charge < -0.3 is 20.4 Å². The molecule has 0 aliphatic carbocycles. The number of hydrogen-bond acceptors (Lipinski definition) is 4. The zero-order valence-electron chi connectivity index (χ0n) is 12.3. The lowest BCUT2D eigenvalue weighted by Crippen LogP contribution is -2.09. The molecule has 4 atom stereocenters. The summed E-state index contributed by atoms with van der Waals surface area (Å²) < 4.78 is 0. The number of rotatable bonds is 8. The van der Waals surface area contributed by atoms with Gasteiger partial charge in [0.05, 0.1) is 0 Å². The molecule has 0 aliphatic heterocycles. The van der Waals surface area contributed by atoms with Crippen LogP contribution in [-0.2, 0) is 0 Å². The summed E-state index contributed by atoms with van der Waals surface area (Å²) in [6.07, 6.45) is 1.82. The zero-order chi connectivity index (χ0) is 14.6. The van der Waals surface area contributed by atoms with Crippen molar-refractivity contribution in [3.05, 3.63) is 0 Å². The summed E-state index contributed by atoms with van der Waals surface area (Å²) in [7, 11) is 0. The van der Waals surface area contributed by atoms with Gasteiger partial charge in [-0.3, -0.25) is 0 Å². The molecule has 4 heteroatoms. The van der Waals surface area contributed by atoms with Crippen molar-refractivity contribution in [2.45, 2.75) is 40.5 Å². The summed E-state index contributed by atoms with van der Waals surface area (Å²) >= 11 is 0. The van der Waals surface area contributed by atoms with E-state index in [2.05, 4.69) is 0 Å². The third kappa shape index (κ3) is 13.9. The molecule has 0 bridgehead atoms. The van der Waals surface area contributed by atoms with Crippen molar-refractivity contribution >= 4 is 0 Å². The van der Waals surface area contributed by atoms with Gasteiger partial charge in [0.2, 0.25) is 0 Å². The van der Waals surface area contributed by atoms with Crippen LogP contribution in [-0.4, -0.2) is 46.9 Å². The van der Waals surface area contributed by atoms with Crippen molar-refractivity contribution in [1.29, 1.82) is 0 Å². The first-order chi connectivity index (χ1) is 8.40. The Bertz CT molecular complexity index is 130. The van der Waals surface area contributed by atoms with Crippen LogP contribution in [0.4, 0.5) is 0 Å². The van der Waals surface area contributed by atoms with Crippen molar-refractivity contribution in [3.8, 4) is 0 Å². The van der Waals surface area contributed by atoms with Crippen molar-refractivity contribution < 1.29 is 20.4 Å². The molecule has 0 radical (unpaired) electrons. The van der Waals surface area contributed by atoms with E-state index in [4.69, 9.17) is 20.4 Å². The second kappa shape index (κ2) is 13.3. The molecular formula is C14H32O4. The van der Waals surface area contributed by atoms with E-state index in [9.17, 15) is 0 Å². The fraction of sp³-hybridized carbons (Fsp3) is 1.00. The predicted octanol–water partition coefficient (Wildman–Crippen LogP) is 1.27. The minimum Gasteiger partial charge on any atom is -0.396 e. The Kier molecular flexibility index (Phi) is 14.9. The SMILES string of the molecule is CC(CO)CC(C)CO.CC(CO)CC(C)CO. The predicted molar refractivity (Wildman–Crippen MR) is 74.2 cm³/mol. The molecule has 0 heterocycles. The average Bonchev–Trinajstić information content (AvgIpc) is 2.38. The summed E-state index contributed by atoms with van der Waals surface area (Å²) in [5.41, 5.74) is 0. The van der Waals surface area contributed by atoms with Gasteiger partial charge in [-0.05, 0) is 36.5 Å². The van der Waals surface area contributed by atoms with Gasteiger partial charge in [0.1, 0.15) is 0 Å². The molecule has 4 unspecified atom stereocenters. The van der Waals surface area contributed by atoms with Crippen LogP contribution in [0, 0.1) is 23.7 Å². The molecule has 4 nitrogen and oxygen atoms in total. The van der Waals surface area contributed by atoms with E-state index in [1.165, 1.54) is 0 Å². The highest BCUT2D eigenvalue weighted by Gasteiger charge is 2.06. The Morgan fingerprint density at radius 2 is 0.667 bits per heavy atom. The lowest BCUT2D eigenvalue weighted by molar-refractivity contribution is 0.177. The molecule has 0 rings (SSSR count). The normalized spacial score (nSPS) is 17.3. The van der Waals surface area contributed by atoms with Crippen LogP contribution in [0.5, 0.6) is 0 Å². The summed E-state index contributed by atoms with van der Waals surface area (Å²) in [4.78, 5) is 0. The highest BCUT2D eigenvalue weighted by Crippen LogP contribution is 2.09. The topological polar surface area (TPSA) is 80.9 Å². The number of aliphatic hydroxyl groups excluding tert-OH is 4. The van der Waals surface area contributed by atoms with Crippen molar-refractivity contribution in [2.75, 3.05) is 26.4 Å². The first kappa shape index (κ1) is 20.2. The smallest absolute Gasteiger partial charge is 0.0456 e. The van der Waals surface area contributed by atoms with Crippen LogP contribution in [0.1, 0.15) is 40.5 Å². The van der Waals surface area contributed by atoms with E-state index in [0.717, 1.165) is 12.8 Å². The summed E-state index contributed by atoms with van der Waals surface area (Å²) in [6, 6.07) is 0.